The molecule has 10 heteroatoms. The van der Waals surface area contributed by atoms with Gasteiger partial charge in [-0.2, -0.15) is 13.2 Å². The van der Waals surface area contributed by atoms with Crippen molar-refractivity contribution in [2.45, 2.75) is 43.9 Å². The normalized spacial score (nSPS) is 27.3. The second-order valence-corrected chi connectivity index (χ2v) is 8.47. The lowest BCUT2D eigenvalue weighted by Gasteiger charge is -2.58. The molecule has 0 bridgehead atoms. The molecular weight excluding hydrogens is 379 g/mol. The van der Waals surface area contributed by atoms with Gasteiger partial charge < -0.3 is 15.2 Å². The first kappa shape index (κ1) is 18.4. The maximum Gasteiger partial charge on any atom is 0.401 e. The summed E-state index contributed by atoms with van der Waals surface area (Å²) in [4.78, 5) is 20.8. The molecule has 2 aliphatic carbocycles. The molecule has 1 amide bonds. The van der Waals surface area contributed by atoms with Crippen molar-refractivity contribution in [1.29, 1.82) is 0 Å². The zero-order valence-corrected chi connectivity index (χ0v) is 15.5. The molecule has 2 saturated carbocycles. The third-order valence-electron chi connectivity index (χ3n) is 5.42. The fourth-order valence-electron chi connectivity index (χ4n) is 4.16. The SMILES string of the molecule is Cn1cncc1-c1csc(C(=O)NC2CC3(CC(NCC(F)(F)F)C3)C2)n1.[HH].[HH]. The summed E-state index contributed by atoms with van der Waals surface area (Å²) in [6.45, 7) is -0.934. The van der Waals surface area contributed by atoms with E-state index >= 15 is 0 Å². The molecule has 150 valence electrons. The number of nitrogens with zero attached hydrogens (tertiary/aromatic N) is 3. The Morgan fingerprint density at radius 3 is 2.70 bits per heavy atom. The molecule has 0 unspecified atom stereocenters. The topological polar surface area (TPSA) is 71.8 Å². The van der Waals surface area contributed by atoms with Gasteiger partial charge in [-0.15, -0.1) is 11.3 Å². The largest absolute Gasteiger partial charge is 0.401 e. The average molecular weight is 403 g/mol. The van der Waals surface area contributed by atoms with Gasteiger partial charge in [0.1, 0.15) is 5.69 Å². The maximum atomic E-state index is 12.4. The van der Waals surface area contributed by atoms with Gasteiger partial charge in [0.15, 0.2) is 5.01 Å². The standard InChI is InChI=1S/C17H20F3N5OS.2H2/c1-25-9-21-6-13(25)12-7-27-15(24-12)14(26)23-11-4-16(5-11)2-10(3-16)22-8-17(18,19)20;;/h6-7,9-11,22H,2-5,8H2,1H3,(H,23,26);2*1H. The summed E-state index contributed by atoms with van der Waals surface area (Å²) in [6, 6.07) is 0.00816. The monoisotopic (exact) mass is 403 g/mol. The first-order chi connectivity index (χ1) is 12.7. The Kier molecular flexibility index (Phi) is 4.50. The molecule has 0 atom stereocenters. The Labute approximate surface area is 161 Å². The third kappa shape index (κ3) is 3.86. The molecule has 0 aliphatic heterocycles. The molecule has 2 aromatic rings. The first-order valence-electron chi connectivity index (χ1n) is 8.76. The lowest BCUT2D eigenvalue weighted by Crippen LogP contribution is -2.61. The van der Waals surface area contributed by atoms with Crippen molar-refractivity contribution in [3.05, 3.63) is 22.9 Å². The second-order valence-electron chi connectivity index (χ2n) is 7.61. The minimum atomic E-state index is -4.17. The van der Waals surface area contributed by atoms with Crippen LogP contribution >= 0.6 is 11.3 Å². The van der Waals surface area contributed by atoms with Crippen LogP contribution in [0.3, 0.4) is 0 Å². The van der Waals surface area contributed by atoms with Crippen LogP contribution in [0.1, 0.15) is 38.3 Å². The number of halogens is 3. The molecule has 0 saturated heterocycles. The summed E-state index contributed by atoms with van der Waals surface area (Å²) in [5.41, 5.74) is 1.66. The Bertz CT molecular complexity index is 842. The average Bonchev–Trinajstić information content (AvgIpc) is 3.14. The molecule has 6 nitrogen and oxygen atoms in total. The van der Waals surface area contributed by atoms with Crippen molar-refractivity contribution in [3.8, 4) is 11.4 Å². The fourth-order valence-corrected chi connectivity index (χ4v) is 4.87. The molecule has 2 heterocycles. The summed E-state index contributed by atoms with van der Waals surface area (Å²) < 4.78 is 38.5. The van der Waals surface area contributed by atoms with E-state index in [9.17, 15) is 18.0 Å². The van der Waals surface area contributed by atoms with Gasteiger partial charge >= 0.3 is 6.18 Å². The fraction of sp³-hybridized carbons (Fsp3) is 0.588. The predicted molar refractivity (Wildman–Crippen MR) is 98.5 cm³/mol. The van der Waals surface area contributed by atoms with Gasteiger partial charge in [-0.05, 0) is 31.1 Å². The van der Waals surface area contributed by atoms with E-state index in [1.54, 1.807) is 12.5 Å². The molecule has 4 rings (SSSR count). The Hall–Kier alpha value is -1.94. The van der Waals surface area contributed by atoms with Gasteiger partial charge in [-0.25, -0.2) is 9.97 Å². The number of hydrogen-bond acceptors (Lipinski definition) is 5. The van der Waals surface area contributed by atoms with Crippen LogP contribution in [-0.4, -0.2) is 45.2 Å². The number of aryl methyl sites for hydroxylation is 1. The first-order valence-corrected chi connectivity index (χ1v) is 9.64. The molecular formula is C17H24F3N5OS. The van der Waals surface area contributed by atoms with E-state index in [-0.39, 0.29) is 26.3 Å². The van der Waals surface area contributed by atoms with Gasteiger partial charge in [0.05, 0.1) is 24.8 Å². The van der Waals surface area contributed by atoms with Crippen LogP contribution < -0.4 is 10.6 Å². The lowest BCUT2D eigenvalue weighted by atomic mass is 9.52. The number of hydrogen-bond donors (Lipinski definition) is 2. The Morgan fingerprint density at radius 2 is 2.07 bits per heavy atom. The smallest absolute Gasteiger partial charge is 0.347 e. The minimum Gasteiger partial charge on any atom is -0.347 e. The van der Waals surface area contributed by atoms with Crippen LogP contribution in [0.4, 0.5) is 13.2 Å². The lowest BCUT2D eigenvalue weighted by molar-refractivity contribution is -0.132. The van der Waals surface area contributed by atoms with E-state index in [1.807, 2.05) is 17.0 Å². The molecule has 2 aliphatic rings. The minimum absolute atomic E-state index is 0. The number of rotatable bonds is 5. The number of amides is 1. The molecule has 27 heavy (non-hydrogen) atoms. The summed E-state index contributed by atoms with van der Waals surface area (Å²) >= 11 is 1.29. The van der Waals surface area contributed by atoms with Gasteiger partial charge in [-0.1, -0.05) is 0 Å². The highest BCUT2D eigenvalue weighted by atomic mass is 32.1. The van der Waals surface area contributed by atoms with Crippen molar-refractivity contribution < 1.29 is 20.8 Å². The molecule has 2 fully saturated rings. The highest BCUT2D eigenvalue weighted by molar-refractivity contribution is 7.12. The van der Waals surface area contributed by atoms with Crippen molar-refractivity contribution in [3.63, 3.8) is 0 Å². The summed E-state index contributed by atoms with van der Waals surface area (Å²) in [5.74, 6) is -0.195. The Morgan fingerprint density at radius 1 is 1.37 bits per heavy atom. The zero-order chi connectivity index (χ0) is 19.2. The number of nitrogens with one attached hydrogen (secondary N) is 2. The van der Waals surface area contributed by atoms with Crippen molar-refractivity contribution in [2.24, 2.45) is 12.5 Å². The molecule has 2 aromatic heterocycles. The number of carbonyl (C=O) groups excluding carboxylic acids is 1. The molecule has 0 radical (unpaired) electrons. The summed E-state index contributed by atoms with van der Waals surface area (Å²) in [7, 11) is 1.87. The van der Waals surface area contributed by atoms with Gasteiger partial charge in [0.25, 0.3) is 5.91 Å². The van der Waals surface area contributed by atoms with E-state index in [1.165, 1.54) is 11.3 Å². The van der Waals surface area contributed by atoms with Crippen LogP contribution in [0.15, 0.2) is 17.9 Å². The summed E-state index contributed by atoms with van der Waals surface area (Å²) in [5, 5.41) is 7.78. The van der Waals surface area contributed by atoms with E-state index in [0.29, 0.717) is 10.7 Å². The molecule has 0 aromatic carbocycles. The van der Waals surface area contributed by atoms with Crippen LogP contribution in [0.5, 0.6) is 0 Å². The van der Waals surface area contributed by atoms with Gasteiger partial charge in [0, 0.05) is 27.4 Å². The number of thiazole rings is 1. The maximum absolute atomic E-state index is 12.4. The van der Waals surface area contributed by atoms with Gasteiger partial charge in [0.2, 0.25) is 0 Å². The van der Waals surface area contributed by atoms with Crippen molar-refractivity contribution in [1.82, 2.24) is 25.2 Å². The molecule has 1 spiro atoms. The Balaban J connectivity index is 0.00000150. The van der Waals surface area contributed by atoms with E-state index in [4.69, 9.17) is 0 Å². The van der Waals surface area contributed by atoms with E-state index < -0.39 is 12.7 Å². The number of carbonyl (C=O) groups is 1. The van der Waals surface area contributed by atoms with E-state index in [2.05, 4.69) is 20.6 Å². The van der Waals surface area contributed by atoms with Crippen molar-refractivity contribution >= 4 is 17.2 Å². The predicted octanol–water partition coefficient (Wildman–Crippen LogP) is 3.23. The highest BCUT2D eigenvalue weighted by Gasteiger charge is 2.53. The van der Waals surface area contributed by atoms with Crippen molar-refractivity contribution in [2.75, 3.05) is 6.54 Å². The quantitative estimate of drug-likeness (QED) is 0.804. The van der Waals surface area contributed by atoms with Crippen LogP contribution in [-0.2, 0) is 7.05 Å². The second kappa shape index (κ2) is 6.59. The number of alkyl halides is 3. The highest BCUT2D eigenvalue weighted by Crippen LogP contribution is 2.56. The van der Waals surface area contributed by atoms with Crippen LogP contribution in [0.2, 0.25) is 0 Å². The molecule has 2 N–H and O–H groups in total. The number of aromatic nitrogens is 3. The van der Waals surface area contributed by atoms with Crippen LogP contribution in [0.25, 0.3) is 11.4 Å². The van der Waals surface area contributed by atoms with Crippen LogP contribution in [0, 0.1) is 5.41 Å². The third-order valence-corrected chi connectivity index (χ3v) is 6.26. The van der Waals surface area contributed by atoms with E-state index in [0.717, 1.165) is 31.4 Å². The van der Waals surface area contributed by atoms with Gasteiger partial charge in [-0.3, -0.25) is 4.79 Å². The zero-order valence-electron chi connectivity index (χ0n) is 14.7. The number of imidazole rings is 1. The summed E-state index contributed by atoms with van der Waals surface area (Å²) in [6.07, 6.45) is 2.35.